The van der Waals surface area contributed by atoms with Gasteiger partial charge in [-0.3, -0.25) is 14.9 Å². The number of benzene rings is 1. The van der Waals surface area contributed by atoms with Crippen LogP contribution in [0.5, 0.6) is 0 Å². The fraction of sp³-hybridized carbons (Fsp3) is 0.143. The van der Waals surface area contributed by atoms with Gasteiger partial charge in [0.1, 0.15) is 0 Å². The quantitative estimate of drug-likeness (QED) is 0.535. The van der Waals surface area contributed by atoms with Crippen LogP contribution in [0, 0.1) is 17.0 Å². The molecule has 1 aromatic carbocycles. The molecule has 7 heteroatoms. The fourth-order valence-electron chi connectivity index (χ4n) is 1.69. The summed E-state index contributed by atoms with van der Waals surface area (Å²) < 4.78 is 0. The molecular formula is C14H13N3O3S. The van der Waals surface area contributed by atoms with E-state index >= 15 is 0 Å². The number of carbonyl (C=O) groups excluding carboxylic acids is 1. The summed E-state index contributed by atoms with van der Waals surface area (Å²) >= 11 is 1.32. The maximum absolute atomic E-state index is 11.8. The summed E-state index contributed by atoms with van der Waals surface area (Å²) in [6, 6.07) is 8.32. The average Bonchev–Trinajstić information content (AvgIpc) is 2.98. The molecule has 1 heterocycles. The molecule has 0 unspecified atom stereocenters. The monoisotopic (exact) mass is 303 g/mol. The van der Waals surface area contributed by atoms with Gasteiger partial charge in [0.2, 0.25) is 0 Å². The standard InChI is InChI=1S/C14H13N3O3S/c1-9-5-6-11(8-12(9)17(19)20)10(2)15-16-14(18)13-4-3-7-21-13/h3-8H,1-2H3,(H,16,18)/b15-10-. The van der Waals surface area contributed by atoms with E-state index in [1.165, 1.54) is 17.4 Å². The Bertz CT molecular complexity index is 708. The number of amides is 1. The van der Waals surface area contributed by atoms with E-state index in [0.717, 1.165) is 0 Å². The zero-order valence-electron chi connectivity index (χ0n) is 11.5. The molecule has 1 aromatic heterocycles. The van der Waals surface area contributed by atoms with Gasteiger partial charge in [0, 0.05) is 17.2 Å². The molecule has 0 aliphatic rings. The highest BCUT2D eigenvalue weighted by molar-refractivity contribution is 7.12. The molecule has 1 amide bonds. The lowest BCUT2D eigenvalue weighted by molar-refractivity contribution is -0.385. The predicted molar refractivity (Wildman–Crippen MR) is 81.8 cm³/mol. The highest BCUT2D eigenvalue weighted by atomic mass is 32.1. The number of thiophene rings is 1. The van der Waals surface area contributed by atoms with E-state index in [1.807, 2.05) is 0 Å². The van der Waals surface area contributed by atoms with Crippen molar-refractivity contribution >= 4 is 28.6 Å². The van der Waals surface area contributed by atoms with Crippen molar-refractivity contribution in [2.45, 2.75) is 13.8 Å². The van der Waals surface area contributed by atoms with Crippen molar-refractivity contribution in [2.24, 2.45) is 5.10 Å². The summed E-state index contributed by atoms with van der Waals surface area (Å²) in [7, 11) is 0. The van der Waals surface area contributed by atoms with Gasteiger partial charge in [-0.1, -0.05) is 18.2 Å². The molecule has 2 aromatic rings. The molecule has 0 aliphatic carbocycles. The van der Waals surface area contributed by atoms with E-state index in [0.29, 0.717) is 21.7 Å². The molecule has 108 valence electrons. The number of nitrogens with zero attached hydrogens (tertiary/aromatic N) is 2. The molecule has 0 spiro atoms. The molecule has 6 nitrogen and oxygen atoms in total. The van der Waals surface area contributed by atoms with Crippen LogP contribution in [0.4, 0.5) is 5.69 Å². The Hall–Kier alpha value is -2.54. The van der Waals surface area contributed by atoms with Gasteiger partial charge < -0.3 is 0 Å². The number of hydrogen-bond donors (Lipinski definition) is 1. The maximum Gasteiger partial charge on any atom is 0.281 e. The second-order valence-corrected chi connectivity index (χ2v) is 5.32. The number of nitro benzene ring substituents is 1. The third kappa shape index (κ3) is 3.51. The van der Waals surface area contributed by atoms with Crippen molar-refractivity contribution in [1.29, 1.82) is 0 Å². The largest absolute Gasteiger partial charge is 0.281 e. The number of hydrazone groups is 1. The maximum atomic E-state index is 11.8. The van der Waals surface area contributed by atoms with Crippen LogP contribution in [-0.4, -0.2) is 16.5 Å². The summed E-state index contributed by atoms with van der Waals surface area (Å²) in [4.78, 5) is 22.8. The highest BCUT2D eigenvalue weighted by Gasteiger charge is 2.12. The molecule has 0 aliphatic heterocycles. The van der Waals surface area contributed by atoms with Crippen molar-refractivity contribution in [2.75, 3.05) is 0 Å². The van der Waals surface area contributed by atoms with E-state index < -0.39 is 4.92 Å². The molecule has 1 N–H and O–H groups in total. The lowest BCUT2D eigenvalue weighted by Crippen LogP contribution is -2.18. The number of nitro groups is 1. The first-order valence-corrected chi connectivity index (χ1v) is 7.00. The van der Waals surface area contributed by atoms with E-state index in [-0.39, 0.29) is 11.6 Å². The van der Waals surface area contributed by atoms with Crippen LogP contribution in [-0.2, 0) is 0 Å². The fourth-order valence-corrected chi connectivity index (χ4v) is 2.31. The van der Waals surface area contributed by atoms with E-state index in [4.69, 9.17) is 0 Å². The van der Waals surface area contributed by atoms with Gasteiger partial charge in [0.05, 0.1) is 15.5 Å². The summed E-state index contributed by atoms with van der Waals surface area (Å²) in [6.07, 6.45) is 0. The summed E-state index contributed by atoms with van der Waals surface area (Å²) in [5, 5.41) is 16.7. The van der Waals surface area contributed by atoms with Gasteiger partial charge in [0.15, 0.2) is 0 Å². The highest BCUT2D eigenvalue weighted by Crippen LogP contribution is 2.19. The van der Waals surface area contributed by atoms with Crippen molar-refractivity contribution in [3.05, 3.63) is 61.8 Å². The van der Waals surface area contributed by atoms with Gasteiger partial charge in [-0.15, -0.1) is 11.3 Å². The lowest BCUT2D eigenvalue weighted by Gasteiger charge is -2.03. The third-order valence-electron chi connectivity index (χ3n) is 2.89. The van der Waals surface area contributed by atoms with Crippen LogP contribution in [0.3, 0.4) is 0 Å². The lowest BCUT2D eigenvalue weighted by atomic mass is 10.1. The molecule has 0 radical (unpaired) electrons. The first-order valence-electron chi connectivity index (χ1n) is 6.12. The van der Waals surface area contributed by atoms with Crippen molar-refractivity contribution in [1.82, 2.24) is 5.43 Å². The minimum atomic E-state index is -0.434. The molecule has 2 rings (SSSR count). The van der Waals surface area contributed by atoms with Crippen LogP contribution in [0.1, 0.15) is 27.7 Å². The summed E-state index contributed by atoms with van der Waals surface area (Å²) in [5.74, 6) is -0.300. The van der Waals surface area contributed by atoms with Crippen LogP contribution in [0.25, 0.3) is 0 Å². The van der Waals surface area contributed by atoms with Gasteiger partial charge >= 0.3 is 0 Å². The second-order valence-electron chi connectivity index (χ2n) is 4.37. The number of carbonyl (C=O) groups is 1. The first kappa shape index (κ1) is 14.9. The smallest absolute Gasteiger partial charge is 0.266 e. The van der Waals surface area contributed by atoms with Crippen LogP contribution in [0.2, 0.25) is 0 Å². The van der Waals surface area contributed by atoms with Crippen LogP contribution >= 0.6 is 11.3 Å². The molecule has 0 fully saturated rings. The van der Waals surface area contributed by atoms with Crippen molar-refractivity contribution in [3.63, 3.8) is 0 Å². The average molecular weight is 303 g/mol. The predicted octanol–water partition coefficient (Wildman–Crippen LogP) is 3.12. The van der Waals surface area contributed by atoms with Crippen LogP contribution < -0.4 is 5.43 Å². The molecule has 0 saturated carbocycles. The van der Waals surface area contributed by atoms with E-state index in [1.54, 1.807) is 43.5 Å². The van der Waals surface area contributed by atoms with E-state index in [9.17, 15) is 14.9 Å². The number of aryl methyl sites for hydroxylation is 1. The Morgan fingerprint density at radius 3 is 2.76 bits per heavy atom. The molecule has 0 saturated heterocycles. The van der Waals surface area contributed by atoms with Crippen LogP contribution in [0.15, 0.2) is 40.8 Å². The Morgan fingerprint density at radius 1 is 1.38 bits per heavy atom. The molecular weight excluding hydrogens is 290 g/mol. The number of hydrogen-bond acceptors (Lipinski definition) is 5. The van der Waals surface area contributed by atoms with Gasteiger partial charge in [-0.2, -0.15) is 5.10 Å². The SMILES string of the molecule is C/C(=N/NC(=O)c1cccs1)c1ccc(C)c([N+](=O)[O-])c1. The number of nitrogens with one attached hydrogen (secondary N) is 1. The zero-order valence-corrected chi connectivity index (χ0v) is 12.3. The number of rotatable bonds is 4. The Morgan fingerprint density at radius 2 is 2.14 bits per heavy atom. The minimum Gasteiger partial charge on any atom is -0.266 e. The van der Waals surface area contributed by atoms with Gasteiger partial charge in [-0.25, -0.2) is 5.43 Å². The van der Waals surface area contributed by atoms with Gasteiger partial charge in [-0.05, 0) is 25.3 Å². The minimum absolute atomic E-state index is 0.0339. The molecule has 21 heavy (non-hydrogen) atoms. The summed E-state index contributed by atoms with van der Waals surface area (Å²) in [5.41, 5.74) is 4.15. The Labute approximate surface area is 125 Å². The first-order chi connectivity index (χ1) is 9.99. The Balaban J connectivity index is 2.18. The summed E-state index contributed by atoms with van der Waals surface area (Å²) in [6.45, 7) is 3.36. The van der Waals surface area contributed by atoms with Crippen molar-refractivity contribution < 1.29 is 9.72 Å². The second kappa shape index (κ2) is 6.27. The van der Waals surface area contributed by atoms with Crippen molar-refractivity contribution in [3.8, 4) is 0 Å². The van der Waals surface area contributed by atoms with Gasteiger partial charge in [0.25, 0.3) is 11.6 Å². The molecule has 0 atom stereocenters. The topological polar surface area (TPSA) is 84.6 Å². The Kier molecular flexibility index (Phi) is 4.44. The zero-order chi connectivity index (χ0) is 15.4. The normalized spacial score (nSPS) is 11.2. The third-order valence-corrected chi connectivity index (χ3v) is 3.76. The molecule has 0 bridgehead atoms. The van der Waals surface area contributed by atoms with E-state index in [2.05, 4.69) is 10.5 Å².